The third-order valence-corrected chi connectivity index (χ3v) is 4.39. The van der Waals surface area contributed by atoms with Gasteiger partial charge in [0.15, 0.2) is 0 Å². The molecular formula is C15H20BN3O3. The fourth-order valence-electron chi connectivity index (χ4n) is 2.32. The highest BCUT2D eigenvalue weighted by Crippen LogP contribution is 2.36. The molecule has 0 saturated carbocycles. The monoisotopic (exact) mass is 301 g/mol. The Balaban J connectivity index is 1.99. The molecule has 3 heterocycles. The third-order valence-electron chi connectivity index (χ3n) is 4.39. The zero-order chi connectivity index (χ0) is 16.1. The second kappa shape index (κ2) is 4.82. The minimum absolute atomic E-state index is 0.205. The topological polar surface area (TPSA) is 69.1 Å². The number of aromatic nitrogens is 3. The van der Waals surface area contributed by atoms with Gasteiger partial charge in [0.1, 0.15) is 5.69 Å². The van der Waals surface area contributed by atoms with Gasteiger partial charge in [0, 0.05) is 17.9 Å². The van der Waals surface area contributed by atoms with Crippen LogP contribution in [0.1, 0.15) is 33.3 Å². The first-order valence-electron chi connectivity index (χ1n) is 7.29. The smallest absolute Gasteiger partial charge is 0.399 e. The summed E-state index contributed by atoms with van der Waals surface area (Å²) in [7, 11) is -0.516. The SMILES string of the molecule is Cc1cnn(-c2cc(B3OC(C)(C)C(C)(C)O3)c[nH]c2=O)c1. The minimum atomic E-state index is -0.516. The second-order valence-electron chi connectivity index (χ2n) is 6.70. The summed E-state index contributed by atoms with van der Waals surface area (Å²) >= 11 is 0. The van der Waals surface area contributed by atoms with E-state index >= 15 is 0 Å². The maximum Gasteiger partial charge on any atom is 0.496 e. The van der Waals surface area contributed by atoms with Gasteiger partial charge in [-0.15, -0.1) is 0 Å². The molecule has 22 heavy (non-hydrogen) atoms. The Morgan fingerprint density at radius 3 is 2.41 bits per heavy atom. The van der Waals surface area contributed by atoms with E-state index in [0.29, 0.717) is 5.69 Å². The summed E-state index contributed by atoms with van der Waals surface area (Å²) in [6.45, 7) is 9.91. The van der Waals surface area contributed by atoms with Crippen LogP contribution in [0.25, 0.3) is 5.69 Å². The van der Waals surface area contributed by atoms with Gasteiger partial charge in [-0.1, -0.05) is 0 Å². The lowest BCUT2D eigenvalue weighted by Gasteiger charge is -2.32. The van der Waals surface area contributed by atoms with Crippen LogP contribution in [-0.4, -0.2) is 33.1 Å². The number of hydrogen-bond donors (Lipinski definition) is 1. The predicted molar refractivity (Wildman–Crippen MR) is 84.6 cm³/mol. The molecule has 1 N–H and O–H groups in total. The molecule has 0 aliphatic carbocycles. The van der Waals surface area contributed by atoms with Crippen LogP contribution in [0.5, 0.6) is 0 Å². The summed E-state index contributed by atoms with van der Waals surface area (Å²) in [4.78, 5) is 14.8. The van der Waals surface area contributed by atoms with E-state index in [9.17, 15) is 4.79 Å². The van der Waals surface area contributed by atoms with E-state index < -0.39 is 18.3 Å². The molecular weight excluding hydrogens is 281 g/mol. The molecule has 2 aromatic rings. The fourth-order valence-corrected chi connectivity index (χ4v) is 2.32. The highest BCUT2D eigenvalue weighted by atomic mass is 16.7. The van der Waals surface area contributed by atoms with Crippen molar-refractivity contribution in [1.82, 2.24) is 14.8 Å². The van der Waals surface area contributed by atoms with Crippen molar-refractivity contribution < 1.29 is 9.31 Å². The highest BCUT2D eigenvalue weighted by molar-refractivity contribution is 6.62. The number of pyridine rings is 1. The largest absolute Gasteiger partial charge is 0.496 e. The van der Waals surface area contributed by atoms with Crippen LogP contribution < -0.4 is 11.0 Å². The van der Waals surface area contributed by atoms with E-state index in [1.165, 1.54) is 0 Å². The molecule has 1 aliphatic heterocycles. The first-order valence-corrected chi connectivity index (χ1v) is 7.29. The number of H-pyrrole nitrogens is 1. The fraction of sp³-hybridized carbons (Fsp3) is 0.467. The van der Waals surface area contributed by atoms with Crippen molar-refractivity contribution in [3.05, 3.63) is 40.6 Å². The lowest BCUT2D eigenvalue weighted by molar-refractivity contribution is 0.00578. The lowest BCUT2D eigenvalue weighted by atomic mass is 9.80. The summed E-state index contributed by atoms with van der Waals surface area (Å²) in [5.74, 6) is 0. The molecule has 1 fully saturated rings. The standard InChI is InChI=1S/C15H20BN3O3/c1-10-7-18-19(9-10)12-6-11(8-17-13(12)20)16-21-14(2,3)15(4,5)22-16/h6-9H,1-5H3,(H,17,20). The maximum absolute atomic E-state index is 12.1. The Kier molecular flexibility index (Phi) is 3.30. The molecule has 1 aliphatic rings. The molecule has 7 heteroatoms. The third kappa shape index (κ3) is 2.40. The van der Waals surface area contributed by atoms with Crippen LogP contribution in [-0.2, 0) is 9.31 Å². The number of hydrogen-bond acceptors (Lipinski definition) is 4. The summed E-state index contributed by atoms with van der Waals surface area (Å²) in [6, 6.07) is 1.76. The van der Waals surface area contributed by atoms with Crippen molar-refractivity contribution in [3.63, 3.8) is 0 Å². The average molecular weight is 301 g/mol. The van der Waals surface area contributed by atoms with Gasteiger partial charge in [0.05, 0.1) is 17.4 Å². The Morgan fingerprint density at radius 2 is 1.86 bits per heavy atom. The van der Waals surface area contributed by atoms with E-state index in [2.05, 4.69) is 10.1 Å². The van der Waals surface area contributed by atoms with Crippen molar-refractivity contribution >= 4 is 12.6 Å². The van der Waals surface area contributed by atoms with Gasteiger partial charge in [-0.25, -0.2) is 4.68 Å². The van der Waals surface area contributed by atoms with E-state index in [-0.39, 0.29) is 5.56 Å². The van der Waals surface area contributed by atoms with Gasteiger partial charge in [-0.3, -0.25) is 4.79 Å². The van der Waals surface area contributed by atoms with Gasteiger partial charge < -0.3 is 14.3 Å². The molecule has 0 amide bonds. The normalized spacial score (nSPS) is 19.6. The average Bonchev–Trinajstić information content (AvgIpc) is 2.92. The Morgan fingerprint density at radius 1 is 1.23 bits per heavy atom. The first kappa shape index (κ1) is 15.1. The summed E-state index contributed by atoms with van der Waals surface area (Å²) < 4.78 is 13.6. The highest BCUT2D eigenvalue weighted by Gasteiger charge is 2.51. The van der Waals surface area contributed by atoms with Crippen molar-refractivity contribution in [2.75, 3.05) is 0 Å². The van der Waals surface area contributed by atoms with Crippen molar-refractivity contribution in [2.45, 2.75) is 45.8 Å². The molecule has 6 nitrogen and oxygen atoms in total. The van der Waals surface area contributed by atoms with Crippen LogP contribution in [0.2, 0.25) is 0 Å². The van der Waals surface area contributed by atoms with Gasteiger partial charge in [0.25, 0.3) is 5.56 Å². The summed E-state index contributed by atoms with van der Waals surface area (Å²) in [5, 5.41) is 4.19. The zero-order valence-corrected chi connectivity index (χ0v) is 13.5. The predicted octanol–water partition coefficient (Wildman–Crippen LogP) is 1.17. The number of nitrogens with zero attached hydrogens (tertiary/aromatic N) is 2. The van der Waals surface area contributed by atoms with Crippen LogP contribution in [0.3, 0.4) is 0 Å². The Hall–Kier alpha value is -1.86. The summed E-state index contributed by atoms with van der Waals surface area (Å²) in [6.07, 6.45) is 5.14. The van der Waals surface area contributed by atoms with E-state index in [1.807, 2.05) is 34.6 Å². The van der Waals surface area contributed by atoms with Crippen molar-refractivity contribution in [1.29, 1.82) is 0 Å². The van der Waals surface area contributed by atoms with E-state index in [1.54, 1.807) is 29.3 Å². The molecule has 0 unspecified atom stereocenters. The van der Waals surface area contributed by atoms with Crippen molar-refractivity contribution in [3.8, 4) is 5.69 Å². The molecule has 3 rings (SSSR count). The molecule has 0 atom stereocenters. The minimum Gasteiger partial charge on any atom is -0.399 e. The number of nitrogens with one attached hydrogen (secondary N) is 1. The summed E-state index contributed by atoms with van der Waals surface area (Å²) in [5.41, 5.74) is 1.15. The van der Waals surface area contributed by atoms with Gasteiger partial charge in [-0.2, -0.15) is 5.10 Å². The maximum atomic E-state index is 12.1. The van der Waals surface area contributed by atoms with Crippen molar-refractivity contribution in [2.24, 2.45) is 0 Å². The Labute approximate surface area is 129 Å². The number of aromatic amines is 1. The van der Waals surface area contributed by atoms with E-state index in [4.69, 9.17) is 9.31 Å². The zero-order valence-electron chi connectivity index (χ0n) is 13.5. The van der Waals surface area contributed by atoms with Crippen LogP contribution in [0.4, 0.5) is 0 Å². The number of rotatable bonds is 2. The van der Waals surface area contributed by atoms with Crippen LogP contribution in [0.15, 0.2) is 29.5 Å². The second-order valence-corrected chi connectivity index (χ2v) is 6.70. The van der Waals surface area contributed by atoms with E-state index in [0.717, 1.165) is 11.0 Å². The molecule has 0 radical (unpaired) electrons. The molecule has 1 saturated heterocycles. The molecule has 2 aromatic heterocycles. The van der Waals surface area contributed by atoms with Crippen LogP contribution in [0, 0.1) is 6.92 Å². The Bertz CT molecular complexity index is 747. The van der Waals surface area contributed by atoms with Gasteiger partial charge in [0.2, 0.25) is 0 Å². The molecule has 0 bridgehead atoms. The van der Waals surface area contributed by atoms with Gasteiger partial charge in [-0.05, 0) is 46.2 Å². The molecule has 0 spiro atoms. The molecule has 0 aromatic carbocycles. The number of aryl methyl sites for hydroxylation is 1. The quantitative estimate of drug-likeness (QED) is 0.845. The van der Waals surface area contributed by atoms with Crippen LogP contribution >= 0.6 is 0 Å². The first-order chi connectivity index (χ1) is 10.2. The lowest BCUT2D eigenvalue weighted by Crippen LogP contribution is -2.41. The van der Waals surface area contributed by atoms with Gasteiger partial charge >= 0.3 is 7.12 Å². The molecule has 116 valence electrons.